The molecule has 1 nitrogen and oxygen atoms in total. The van der Waals surface area contributed by atoms with E-state index in [1.165, 1.54) is 5.57 Å². The van der Waals surface area contributed by atoms with Gasteiger partial charge in [-0.1, -0.05) is 17.2 Å². The van der Waals surface area contributed by atoms with E-state index in [2.05, 4.69) is 19.9 Å². The van der Waals surface area contributed by atoms with E-state index in [1.807, 2.05) is 6.92 Å². The number of hydrogen-bond donors (Lipinski definition) is 0. The molecule has 0 heterocycles. The molecular weight excluding hydrogens is 148 g/mol. The second-order valence-corrected chi connectivity index (χ2v) is 2.97. The van der Waals surface area contributed by atoms with Crippen LogP contribution < -0.4 is 0 Å². The Kier molecular flexibility index (Phi) is 9.43. The van der Waals surface area contributed by atoms with Crippen LogP contribution in [0.2, 0.25) is 0 Å². The minimum absolute atomic E-state index is 0. The molecule has 0 aromatic heterocycles. The van der Waals surface area contributed by atoms with Crippen LogP contribution in [0.25, 0.3) is 0 Å². The molecule has 0 atom stereocenters. The van der Waals surface area contributed by atoms with Crippen molar-refractivity contribution in [3.63, 3.8) is 0 Å². The van der Waals surface area contributed by atoms with Gasteiger partial charge in [0.15, 0.2) is 0 Å². The highest BCUT2D eigenvalue weighted by Gasteiger charge is 1.86. The summed E-state index contributed by atoms with van der Waals surface area (Å²) in [5.41, 5.74) is 2.49. The molecule has 0 unspecified atom stereocenters. The fourth-order valence-electron chi connectivity index (χ4n) is 0.788. The Morgan fingerprint density at radius 1 is 1.25 bits per heavy atom. The Balaban J connectivity index is 0. The van der Waals surface area contributed by atoms with Gasteiger partial charge in [-0.05, 0) is 39.7 Å². The third-order valence-electron chi connectivity index (χ3n) is 1.44. The Labute approximate surface area is 76.2 Å². The normalized spacial score (nSPS) is 10.1. The predicted molar refractivity (Wildman–Crippen MR) is 51.7 cm³/mol. The van der Waals surface area contributed by atoms with Crippen LogP contribution in [0.3, 0.4) is 0 Å². The Hall–Kier alpha value is -0.850. The number of hydrogen-bond acceptors (Lipinski definition) is 1. The van der Waals surface area contributed by atoms with Crippen molar-refractivity contribution >= 4 is 6.29 Å². The summed E-state index contributed by atoms with van der Waals surface area (Å²) in [6, 6.07) is 0. The first-order valence-corrected chi connectivity index (χ1v) is 3.91. The van der Waals surface area contributed by atoms with Crippen LogP contribution in [0.5, 0.6) is 0 Å². The second-order valence-electron chi connectivity index (χ2n) is 2.97. The largest absolute Gasteiger partial charge is 0.299 e. The molecule has 0 amide bonds. The molecule has 0 aliphatic carbocycles. The summed E-state index contributed by atoms with van der Waals surface area (Å²) in [5, 5.41) is 0. The van der Waals surface area contributed by atoms with Gasteiger partial charge in [0, 0.05) is 7.43 Å². The highest BCUT2D eigenvalue weighted by Crippen LogP contribution is 2.05. The molecule has 12 heavy (non-hydrogen) atoms. The van der Waals surface area contributed by atoms with Gasteiger partial charge in [-0.2, -0.15) is 0 Å². The highest BCUT2D eigenvalue weighted by atomic mass is 16.1. The Morgan fingerprint density at radius 2 is 1.83 bits per heavy atom. The van der Waals surface area contributed by atoms with E-state index in [9.17, 15) is 4.79 Å². The Bertz CT molecular complexity index is 171. The smallest absolute Gasteiger partial charge is 0.142 e. The summed E-state index contributed by atoms with van der Waals surface area (Å²) in [4.78, 5) is 10.0. The van der Waals surface area contributed by atoms with Gasteiger partial charge < -0.3 is 0 Å². The molecular formula is C11H16O. The van der Waals surface area contributed by atoms with E-state index in [1.54, 1.807) is 6.08 Å². The maximum absolute atomic E-state index is 10.0. The number of carbonyl (C=O) groups is 1. The van der Waals surface area contributed by atoms with E-state index >= 15 is 0 Å². The SMILES string of the molecule is CC(C)=CCCC(C)=CC=O.[C]. The van der Waals surface area contributed by atoms with Crippen molar-refractivity contribution in [3.8, 4) is 0 Å². The summed E-state index contributed by atoms with van der Waals surface area (Å²) in [5.74, 6) is 0. The summed E-state index contributed by atoms with van der Waals surface area (Å²) >= 11 is 0. The van der Waals surface area contributed by atoms with Gasteiger partial charge in [0.05, 0.1) is 0 Å². The molecule has 0 spiro atoms. The third-order valence-corrected chi connectivity index (χ3v) is 1.44. The lowest BCUT2D eigenvalue weighted by atomic mass is 10.1. The van der Waals surface area contributed by atoms with E-state index in [4.69, 9.17) is 0 Å². The molecule has 0 fully saturated rings. The monoisotopic (exact) mass is 164 g/mol. The molecule has 0 aromatic carbocycles. The van der Waals surface area contributed by atoms with Gasteiger partial charge in [0.1, 0.15) is 6.29 Å². The lowest BCUT2D eigenvalue weighted by molar-refractivity contribution is -0.104. The number of allylic oxidation sites excluding steroid dienone is 4. The van der Waals surface area contributed by atoms with Crippen molar-refractivity contribution in [2.45, 2.75) is 33.6 Å². The molecule has 0 aromatic rings. The fraction of sp³-hybridized carbons (Fsp3) is 0.455. The topological polar surface area (TPSA) is 17.1 Å². The fourth-order valence-corrected chi connectivity index (χ4v) is 0.788. The van der Waals surface area contributed by atoms with Gasteiger partial charge in [-0.15, -0.1) is 0 Å². The quantitative estimate of drug-likeness (QED) is 0.354. The molecule has 66 valence electrons. The van der Waals surface area contributed by atoms with Crippen LogP contribution in [0.4, 0.5) is 0 Å². The lowest BCUT2D eigenvalue weighted by Crippen LogP contribution is -1.77. The molecule has 0 aliphatic heterocycles. The van der Waals surface area contributed by atoms with Crippen molar-refractivity contribution < 1.29 is 4.79 Å². The van der Waals surface area contributed by atoms with Gasteiger partial charge in [-0.25, -0.2) is 0 Å². The van der Waals surface area contributed by atoms with E-state index < -0.39 is 0 Å². The van der Waals surface area contributed by atoms with Crippen molar-refractivity contribution in [1.29, 1.82) is 0 Å². The minimum atomic E-state index is 0. The Morgan fingerprint density at radius 3 is 2.25 bits per heavy atom. The van der Waals surface area contributed by atoms with Crippen LogP contribution in [0.1, 0.15) is 33.6 Å². The van der Waals surface area contributed by atoms with Crippen molar-refractivity contribution in [1.82, 2.24) is 0 Å². The standard InChI is InChI=1S/C10H16O.C/c1-9(2)5-4-6-10(3)7-8-11;/h5,7-8H,4,6H2,1-3H3;. The zero-order chi connectivity index (χ0) is 8.69. The van der Waals surface area contributed by atoms with Crippen molar-refractivity contribution in [2.24, 2.45) is 0 Å². The van der Waals surface area contributed by atoms with E-state index in [-0.39, 0.29) is 7.43 Å². The van der Waals surface area contributed by atoms with Gasteiger partial charge in [0.25, 0.3) is 0 Å². The minimum Gasteiger partial charge on any atom is -0.299 e. The van der Waals surface area contributed by atoms with Crippen LogP contribution in [0.15, 0.2) is 23.3 Å². The van der Waals surface area contributed by atoms with Gasteiger partial charge >= 0.3 is 0 Å². The first-order chi connectivity index (χ1) is 5.16. The van der Waals surface area contributed by atoms with Crippen molar-refractivity contribution in [3.05, 3.63) is 30.7 Å². The molecule has 0 bridgehead atoms. The molecule has 4 radical (unpaired) electrons. The highest BCUT2D eigenvalue weighted by molar-refractivity contribution is 5.65. The second kappa shape index (κ2) is 8.25. The summed E-state index contributed by atoms with van der Waals surface area (Å²) in [6.07, 6.45) is 6.68. The first-order valence-electron chi connectivity index (χ1n) is 3.91. The maximum atomic E-state index is 10.0. The first kappa shape index (κ1) is 13.7. The van der Waals surface area contributed by atoms with E-state index in [0.29, 0.717) is 0 Å². The zero-order valence-corrected chi connectivity index (χ0v) is 8.05. The lowest BCUT2D eigenvalue weighted by Gasteiger charge is -1.94. The van der Waals surface area contributed by atoms with Gasteiger partial charge in [0.2, 0.25) is 0 Å². The average molecular weight is 164 g/mol. The molecule has 0 rings (SSSR count). The summed E-state index contributed by atoms with van der Waals surface area (Å²) in [6.45, 7) is 6.14. The molecule has 0 N–H and O–H groups in total. The molecule has 0 aliphatic rings. The predicted octanol–water partition coefficient (Wildman–Crippen LogP) is 2.96. The van der Waals surface area contributed by atoms with Crippen LogP contribution in [-0.2, 0) is 4.79 Å². The molecule has 0 saturated carbocycles. The number of rotatable bonds is 4. The maximum Gasteiger partial charge on any atom is 0.142 e. The third kappa shape index (κ3) is 9.15. The number of carbonyl (C=O) groups excluding carboxylic acids is 1. The van der Waals surface area contributed by atoms with Crippen molar-refractivity contribution in [2.75, 3.05) is 0 Å². The average Bonchev–Trinajstić information content (AvgIpc) is 1.87. The summed E-state index contributed by atoms with van der Waals surface area (Å²) < 4.78 is 0. The summed E-state index contributed by atoms with van der Waals surface area (Å²) in [7, 11) is 0. The molecule has 0 saturated heterocycles. The van der Waals surface area contributed by atoms with E-state index in [0.717, 1.165) is 24.7 Å². The molecule has 1 heteroatoms. The zero-order valence-electron chi connectivity index (χ0n) is 8.05. The van der Waals surface area contributed by atoms with Gasteiger partial charge in [-0.3, -0.25) is 4.79 Å². The van der Waals surface area contributed by atoms with Crippen LogP contribution in [-0.4, -0.2) is 6.29 Å². The number of aldehydes is 1. The van der Waals surface area contributed by atoms with Crippen LogP contribution in [0, 0.1) is 7.43 Å². The van der Waals surface area contributed by atoms with Crippen LogP contribution >= 0.6 is 0 Å².